The highest BCUT2D eigenvalue weighted by Gasteiger charge is 2.29. The van der Waals surface area contributed by atoms with Crippen LogP contribution in [0.3, 0.4) is 0 Å². The summed E-state index contributed by atoms with van der Waals surface area (Å²) in [7, 11) is 1.61. The van der Waals surface area contributed by atoms with Crippen LogP contribution in [0.15, 0.2) is 48.5 Å². The number of carbonyl (C=O) groups is 1. The van der Waals surface area contributed by atoms with Crippen LogP contribution in [-0.2, 0) is 10.2 Å². The molecule has 0 bridgehead atoms. The SMILES string of the molecule is COc1ccc(C(C)(C)C(=O)Nc2ccc(C#N)cc2)cc1. The number of amides is 1. The molecule has 2 aromatic carbocycles. The number of hydrogen-bond acceptors (Lipinski definition) is 3. The van der Waals surface area contributed by atoms with Crippen molar-refractivity contribution in [3.63, 3.8) is 0 Å². The standard InChI is InChI=1S/C18H18N2O2/c1-18(2,14-6-10-16(22-3)11-7-14)17(21)20-15-8-4-13(12-19)5-9-15/h4-11H,1-3H3,(H,20,21). The molecule has 112 valence electrons. The number of nitrogens with one attached hydrogen (secondary N) is 1. The predicted molar refractivity (Wildman–Crippen MR) is 85.8 cm³/mol. The molecule has 0 atom stereocenters. The summed E-state index contributed by atoms with van der Waals surface area (Å²) in [6, 6.07) is 16.3. The van der Waals surface area contributed by atoms with Gasteiger partial charge < -0.3 is 10.1 Å². The number of ether oxygens (including phenoxy) is 1. The zero-order valence-electron chi connectivity index (χ0n) is 12.9. The van der Waals surface area contributed by atoms with Crippen LogP contribution in [0, 0.1) is 11.3 Å². The molecule has 0 saturated heterocycles. The Balaban J connectivity index is 2.16. The van der Waals surface area contributed by atoms with E-state index in [9.17, 15) is 4.79 Å². The summed E-state index contributed by atoms with van der Waals surface area (Å²) in [6.45, 7) is 3.74. The van der Waals surface area contributed by atoms with Crippen molar-refractivity contribution < 1.29 is 9.53 Å². The first kappa shape index (κ1) is 15.6. The lowest BCUT2D eigenvalue weighted by Crippen LogP contribution is -2.34. The van der Waals surface area contributed by atoms with E-state index in [-0.39, 0.29) is 5.91 Å². The van der Waals surface area contributed by atoms with Crippen LogP contribution < -0.4 is 10.1 Å². The highest BCUT2D eigenvalue weighted by molar-refractivity contribution is 5.98. The van der Waals surface area contributed by atoms with Crippen molar-refractivity contribution in [2.45, 2.75) is 19.3 Å². The molecule has 0 aliphatic heterocycles. The van der Waals surface area contributed by atoms with Crippen LogP contribution in [0.1, 0.15) is 25.0 Å². The summed E-state index contributed by atoms with van der Waals surface area (Å²) in [4.78, 5) is 12.5. The average Bonchev–Trinajstić information content (AvgIpc) is 2.55. The molecule has 0 aromatic heterocycles. The minimum Gasteiger partial charge on any atom is -0.497 e. The Kier molecular flexibility index (Phi) is 4.47. The molecule has 0 saturated carbocycles. The molecule has 0 fully saturated rings. The fourth-order valence-electron chi connectivity index (χ4n) is 2.05. The highest BCUT2D eigenvalue weighted by Crippen LogP contribution is 2.27. The molecule has 1 N–H and O–H groups in total. The molecule has 2 aromatic rings. The second-order valence-corrected chi connectivity index (χ2v) is 5.50. The Hall–Kier alpha value is -2.80. The Labute approximate surface area is 130 Å². The minimum absolute atomic E-state index is 0.109. The summed E-state index contributed by atoms with van der Waals surface area (Å²) in [5.41, 5.74) is 1.46. The summed E-state index contributed by atoms with van der Waals surface area (Å²) < 4.78 is 5.13. The number of carbonyl (C=O) groups excluding carboxylic acids is 1. The van der Waals surface area contributed by atoms with Crippen molar-refractivity contribution in [1.29, 1.82) is 5.26 Å². The molecule has 0 aliphatic carbocycles. The maximum Gasteiger partial charge on any atom is 0.234 e. The minimum atomic E-state index is -0.680. The molecule has 0 aliphatic rings. The second-order valence-electron chi connectivity index (χ2n) is 5.50. The van der Waals surface area contributed by atoms with Crippen molar-refractivity contribution in [2.75, 3.05) is 12.4 Å². The van der Waals surface area contributed by atoms with E-state index < -0.39 is 5.41 Å². The van der Waals surface area contributed by atoms with Crippen LogP contribution in [0.4, 0.5) is 5.69 Å². The predicted octanol–water partition coefficient (Wildman–Crippen LogP) is 3.48. The van der Waals surface area contributed by atoms with Gasteiger partial charge in [0, 0.05) is 5.69 Å². The summed E-state index contributed by atoms with van der Waals surface area (Å²) in [5, 5.41) is 11.7. The Morgan fingerprint density at radius 2 is 1.68 bits per heavy atom. The Morgan fingerprint density at radius 3 is 2.18 bits per heavy atom. The highest BCUT2D eigenvalue weighted by atomic mass is 16.5. The fourth-order valence-corrected chi connectivity index (χ4v) is 2.05. The monoisotopic (exact) mass is 294 g/mol. The topological polar surface area (TPSA) is 62.1 Å². The van der Waals surface area contributed by atoms with Crippen molar-refractivity contribution in [3.05, 3.63) is 59.7 Å². The number of rotatable bonds is 4. The zero-order valence-corrected chi connectivity index (χ0v) is 12.9. The summed E-state index contributed by atoms with van der Waals surface area (Å²) in [5.74, 6) is 0.648. The van der Waals surface area contributed by atoms with Crippen LogP contribution in [0.5, 0.6) is 5.75 Å². The van der Waals surface area contributed by atoms with Gasteiger partial charge in [-0.3, -0.25) is 4.79 Å². The van der Waals surface area contributed by atoms with Crippen LogP contribution >= 0.6 is 0 Å². The van der Waals surface area contributed by atoms with Crippen LogP contribution in [-0.4, -0.2) is 13.0 Å². The van der Waals surface area contributed by atoms with Gasteiger partial charge in [-0.15, -0.1) is 0 Å². The number of methoxy groups -OCH3 is 1. The largest absolute Gasteiger partial charge is 0.497 e. The fraction of sp³-hybridized carbons (Fsp3) is 0.222. The number of nitrogens with zero attached hydrogens (tertiary/aromatic N) is 1. The molecular formula is C18H18N2O2. The number of hydrogen-bond donors (Lipinski definition) is 1. The van der Waals surface area contributed by atoms with E-state index in [4.69, 9.17) is 10.00 Å². The van der Waals surface area contributed by atoms with E-state index in [0.717, 1.165) is 11.3 Å². The molecule has 4 heteroatoms. The van der Waals surface area contributed by atoms with E-state index in [1.54, 1.807) is 31.4 Å². The third kappa shape index (κ3) is 3.26. The first-order valence-electron chi connectivity index (χ1n) is 6.93. The first-order valence-corrected chi connectivity index (χ1v) is 6.93. The molecule has 0 spiro atoms. The molecule has 4 nitrogen and oxygen atoms in total. The molecule has 2 rings (SSSR count). The van der Waals surface area contributed by atoms with Crippen molar-refractivity contribution in [1.82, 2.24) is 0 Å². The Morgan fingerprint density at radius 1 is 1.09 bits per heavy atom. The van der Waals surface area contributed by atoms with Crippen LogP contribution in [0.25, 0.3) is 0 Å². The maximum atomic E-state index is 12.5. The third-order valence-electron chi connectivity index (χ3n) is 3.65. The number of nitriles is 1. The Bertz CT molecular complexity index is 695. The smallest absolute Gasteiger partial charge is 0.234 e. The first-order chi connectivity index (χ1) is 10.5. The van der Waals surface area contributed by atoms with Gasteiger partial charge in [-0.2, -0.15) is 5.26 Å². The average molecular weight is 294 g/mol. The number of anilines is 1. The molecule has 0 unspecified atom stereocenters. The van der Waals surface area contributed by atoms with E-state index in [0.29, 0.717) is 11.3 Å². The zero-order chi connectivity index (χ0) is 16.2. The normalized spacial score (nSPS) is 10.6. The lowest BCUT2D eigenvalue weighted by molar-refractivity contribution is -0.120. The molecule has 0 heterocycles. The molecule has 0 radical (unpaired) electrons. The summed E-state index contributed by atoms with van der Waals surface area (Å²) in [6.07, 6.45) is 0. The van der Waals surface area contributed by atoms with Gasteiger partial charge in [-0.1, -0.05) is 12.1 Å². The van der Waals surface area contributed by atoms with Gasteiger partial charge in [0.2, 0.25) is 5.91 Å². The lowest BCUT2D eigenvalue weighted by atomic mass is 9.83. The van der Waals surface area contributed by atoms with E-state index in [1.165, 1.54) is 0 Å². The van der Waals surface area contributed by atoms with Gasteiger partial charge in [-0.25, -0.2) is 0 Å². The van der Waals surface area contributed by atoms with Gasteiger partial charge in [0.25, 0.3) is 0 Å². The van der Waals surface area contributed by atoms with Gasteiger partial charge in [0.1, 0.15) is 5.75 Å². The summed E-state index contributed by atoms with van der Waals surface area (Å²) >= 11 is 0. The molecule has 1 amide bonds. The van der Waals surface area contributed by atoms with Gasteiger partial charge in [0.05, 0.1) is 24.2 Å². The lowest BCUT2D eigenvalue weighted by Gasteiger charge is -2.24. The second kappa shape index (κ2) is 6.31. The molecular weight excluding hydrogens is 276 g/mol. The maximum absolute atomic E-state index is 12.5. The van der Waals surface area contributed by atoms with Crippen molar-refractivity contribution >= 4 is 11.6 Å². The van der Waals surface area contributed by atoms with Gasteiger partial charge in [0.15, 0.2) is 0 Å². The third-order valence-corrected chi connectivity index (χ3v) is 3.65. The van der Waals surface area contributed by atoms with E-state index in [2.05, 4.69) is 5.32 Å². The molecule has 22 heavy (non-hydrogen) atoms. The van der Waals surface area contributed by atoms with E-state index in [1.807, 2.05) is 44.2 Å². The van der Waals surface area contributed by atoms with Gasteiger partial charge >= 0.3 is 0 Å². The van der Waals surface area contributed by atoms with Gasteiger partial charge in [-0.05, 0) is 55.8 Å². The van der Waals surface area contributed by atoms with E-state index >= 15 is 0 Å². The van der Waals surface area contributed by atoms with Crippen molar-refractivity contribution in [3.8, 4) is 11.8 Å². The van der Waals surface area contributed by atoms with Crippen LogP contribution in [0.2, 0.25) is 0 Å². The number of benzene rings is 2. The van der Waals surface area contributed by atoms with Crippen molar-refractivity contribution in [2.24, 2.45) is 0 Å². The quantitative estimate of drug-likeness (QED) is 0.939.